The van der Waals surface area contributed by atoms with Crippen LogP contribution < -0.4 is 5.32 Å². The summed E-state index contributed by atoms with van der Waals surface area (Å²) in [6.07, 6.45) is 0.758. The van der Waals surface area contributed by atoms with Gasteiger partial charge in [0.1, 0.15) is 11.9 Å². The van der Waals surface area contributed by atoms with Crippen LogP contribution >= 0.6 is 0 Å². The number of nitrogens with zero attached hydrogens (tertiary/aromatic N) is 3. The van der Waals surface area contributed by atoms with Crippen LogP contribution in [0.15, 0.2) is 6.07 Å². The molecular weight excluding hydrogens is 326 g/mol. The van der Waals surface area contributed by atoms with E-state index in [1.54, 1.807) is 0 Å². The van der Waals surface area contributed by atoms with Crippen molar-refractivity contribution in [2.24, 2.45) is 17.8 Å². The minimum absolute atomic E-state index is 0.0275. The van der Waals surface area contributed by atoms with Crippen LogP contribution in [0.1, 0.15) is 44.3 Å². The van der Waals surface area contributed by atoms with Gasteiger partial charge in [-0.3, -0.25) is 4.79 Å². The molecule has 1 amide bonds. The second-order valence-electron chi connectivity index (χ2n) is 7.99. The van der Waals surface area contributed by atoms with Crippen LogP contribution in [-0.4, -0.2) is 46.1 Å². The van der Waals surface area contributed by atoms with E-state index in [4.69, 9.17) is 0 Å². The molecule has 3 heterocycles. The monoisotopic (exact) mass is 352 g/mol. The second-order valence-corrected chi connectivity index (χ2v) is 7.99. The first-order valence-corrected chi connectivity index (χ1v) is 9.33. The summed E-state index contributed by atoms with van der Waals surface area (Å²) < 4.78 is 28.5. The Kier molecular flexibility index (Phi) is 4.20. The number of aryl methyl sites for hydroxylation is 1. The van der Waals surface area contributed by atoms with Gasteiger partial charge in [0, 0.05) is 31.1 Å². The Morgan fingerprint density at radius 1 is 1.32 bits per heavy atom. The molecule has 2 aliphatic heterocycles. The molecule has 0 radical (unpaired) electrons. The highest BCUT2D eigenvalue weighted by Gasteiger charge is 2.43. The normalized spacial score (nSPS) is 32.4. The van der Waals surface area contributed by atoms with Gasteiger partial charge < -0.3 is 10.2 Å². The summed E-state index contributed by atoms with van der Waals surface area (Å²) in [6.45, 7) is 5.45. The molecule has 2 fully saturated rings. The van der Waals surface area contributed by atoms with Gasteiger partial charge in [-0.1, -0.05) is 6.92 Å². The highest BCUT2D eigenvalue weighted by molar-refractivity contribution is 5.81. The van der Waals surface area contributed by atoms with Crippen molar-refractivity contribution in [3.8, 4) is 0 Å². The number of rotatable bonds is 3. The van der Waals surface area contributed by atoms with Gasteiger partial charge in [0.2, 0.25) is 5.91 Å². The lowest BCUT2D eigenvalue weighted by atomic mass is 9.85. The average Bonchev–Trinajstić information content (AvgIpc) is 3.19. The number of carbonyl (C=O) groups is 1. The van der Waals surface area contributed by atoms with Gasteiger partial charge in [-0.15, -0.1) is 0 Å². The summed E-state index contributed by atoms with van der Waals surface area (Å²) in [4.78, 5) is 14.3. The van der Waals surface area contributed by atoms with E-state index < -0.39 is 12.5 Å². The maximum absolute atomic E-state index is 13.5. The van der Waals surface area contributed by atoms with Crippen LogP contribution in [-0.2, 0) is 4.79 Å². The van der Waals surface area contributed by atoms with E-state index in [1.165, 1.54) is 4.68 Å². The maximum atomic E-state index is 13.5. The number of hydrogen-bond acceptors (Lipinski definition) is 3. The third kappa shape index (κ3) is 3.13. The number of amides is 1. The number of fused-ring (bicyclic) bond motifs is 1. The predicted molar refractivity (Wildman–Crippen MR) is 90.6 cm³/mol. The minimum Gasteiger partial charge on any atom is -0.367 e. The van der Waals surface area contributed by atoms with E-state index in [9.17, 15) is 13.6 Å². The fourth-order valence-electron chi connectivity index (χ4n) is 4.43. The second kappa shape index (κ2) is 6.25. The Morgan fingerprint density at radius 2 is 2.00 bits per heavy atom. The van der Waals surface area contributed by atoms with Crippen LogP contribution in [0.4, 0.5) is 14.6 Å². The highest BCUT2D eigenvalue weighted by Crippen LogP contribution is 2.41. The van der Waals surface area contributed by atoms with Crippen LogP contribution in [0.3, 0.4) is 0 Å². The van der Waals surface area contributed by atoms with Crippen LogP contribution in [0, 0.1) is 24.7 Å². The van der Waals surface area contributed by atoms with Crippen molar-refractivity contribution in [3.63, 3.8) is 0 Å². The van der Waals surface area contributed by atoms with E-state index in [-0.39, 0.29) is 12.0 Å². The van der Waals surface area contributed by atoms with Crippen molar-refractivity contribution >= 4 is 11.7 Å². The molecule has 1 aromatic rings. The molecule has 0 spiro atoms. The van der Waals surface area contributed by atoms with Crippen molar-refractivity contribution in [3.05, 3.63) is 11.8 Å². The van der Waals surface area contributed by atoms with E-state index in [1.807, 2.05) is 17.9 Å². The van der Waals surface area contributed by atoms with Gasteiger partial charge in [-0.25, -0.2) is 13.5 Å². The lowest BCUT2D eigenvalue weighted by Gasteiger charge is -2.40. The molecule has 25 heavy (non-hydrogen) atoms. The first kappa shape index (κ1) is 16.8. The van der Waals surface area contributed by atoms with Crippen molar-refractivity contribution in [2.75, 3.05) is 18.4 Å². The third-order valence-corrected chi connectivity index (χ3v) is 6.14. The number of anilines is 1. The van der Waals surface area contributed by atoms with E-state index >= 15 is 0 Å². The summed E-state index contributed by atoms with van der Waals surface area (Å²) >= 11 is 0. The zero-order valence-electron chi connectivity index (χ0n) is 14.8. The molecule has 1 aromatic heterocycles. The zero-order valence-corrected chi connectivity index (χ0v) is 14.8. The molecule has 0 aromatic carbocycles. The van der Waals surface area contributed by atoms with Crippen LogP contribution in [0.5, 0.6) is 0 Å². The molecule has 1 saturated carbocycles. The van der Waals surface area contributed by atoms with Crippen LogP contribution in [0.2, 0.25) is 0 Å². The molecule has 1 aliphatic carbocycles. The largest absolute Gasteiger partial charge is 0.367 e. The predicted octanol–water partition coefficient (Wildman–Crippen LogP) is 3.08. The van der Waals surface area contributed by atoms with E-state index in [0.717, 1.165) is 38.0 Å². The number of carbonyl (C=O) groups excluding carboxylic acids is 1. The van der Waals surface area contributed by atoms with Gasteiger partial charge in [0.05, 0.1) is 5.69 Å². The quantitative estimate of drug-likeness (QED) is 0.910. The smallest absolute Gasteiger partial charge is 0.260 e. The van der Waals surface area contributed by atoms with Crippen molar-refractivity contribution in [1.82, 2.24) is 14.7 Å². The number of halogens is 2. The van der Waals surface area contributed by atoms with Gasteiger partial charge in [0.15, 0.2) is 0 Å². The van der Waals surface area contributed by atoms with Gasteiger partial charge in [-0.05, 0) is 44.4 Å². The summed E-state index contributed by atoms with van der Waals surface area (Å²) in [5.74, 6) is 2.07. The molecule has 4 rings (SSSR count). The molecule has 4 atom stereocenters. The topological polar surface area (TPSA) is 50.2 Å². The fraction of sp³-hybridized carbons (Fsp3) is 0.778. The van der Waals surface area contributed by atoms with Gasteiger partial charge in [0.25, 0.3) is 6.43 Å². The Bertz CT molecular complexity index is 654. The molecular formula is C18H26F2N4O. The number of hydrogen-bond donors (Lipinski definition) is 1. The molecule has 1 N–H and O–H groups in total. The number of piperidine rings is 1. The van der Waals surface area contributed by atoms with Crippen molar-refractivity contribution in [2.45, 2.75) is 58.0 Å². The van der Waals surface area contributed by atoms with Crippen molar-refractivity contribution in [1.29, 1.82) is 0 Å². The Hall–Kier alpha value is -1.66. The zero-order chi connectivity index (χ0) is 17.7. The number of aromatic nitrogens is 2. The number of likely N-dealkylation sites (tertiary alicyclic amines) is 1. The first-order valence-electron chi connectivity index (χ1n) is 9.33. The Labute approximate surface area is 146 Å². The van der Waals surface area contributed by atoms with Crippen molar-refractivity contribution < 1.29 is 13.6 Å². The number of nitrogens with one attached hydrogen (secondary N) is 1. The molecule has 5 nitrogen and oxygen atoms in total. The maximum Gasteiger partial charge on any atom is 0.260 e. The molecule has 1 saturated heterocycles. The standard InChI is InChI=1S/C18H26F2N4O/c1-10-7-13(10)18(25)23-5-3-12(4-6-23)14-9-15(17(19)20)24-16(21-14)8-11(2)22-24/h8,10,12-15,17,21H,3-7,9H2,1-2H3/t10-,13-,14-,15+/m0/s1. The van der Waals surface area contributed by atoms with Gasteiger partial charge >= 0.3 is 0 Å². The molecule has 0 unspecified atom stereocenters. The molecule has 138 valence electrons. The SMILES string of the molecule is Cc1cc2n(n1)[C@@H](C(F)F)C[C@@H](C1CCN(C(=O)[C@H]3C[C@@H]3C)CC1)N2. The average molecular weight is 352 g/mol. The lowest BCUT2D eigenvalue weighted by Crippen LogP contribution is -2.46. The molecule has 3 aliphatic rings. The Morgan fingerprint density at radius 3 is 2.60 bits per heavy atom. The summed E-state index contributed by atoms with van der Waals surface area (Å²) in [5, 5.41) is 7.65. The van der Waals surface area contributed by atoms with E-state index in [2.05, 4.69) is 17.3 Å². The highest BCUT2D eigenvalue weighted by atomic mass is 19.3. The fourth-order valence-corrected chi connectivity index (χ4v) is 4.43. The third-order valence-electron chi connectivity index (χ3n) is 6.14. The number of alkyl halides is 2. The first-order chi connectivity index (χ1) is 11.9. The van der Waals surface area contributed by atoms with Crippen LogP contribution in [0.25, 0.3) is 0 Å². The molecule has 0 bridgehead atoms. The summed E-state index contributed by atoms with van der Waals surface area (Å²) in [7, 11) is 0. The minimum atomic E-state index is -2.42. The van der Waals surface area contributed by atoms with Gasteiger partial charge in [-0.2, -0.15) is 5.10 Å². The summed E-state index contributed by atoms with van der Waals surface area (Å²) in [6, 6.07) is 1.01. The summed E-state index contributed by atoms with van der Waals surface area (Å²) in [5.41, 5.74) is 0.757. The van der Waals surface area contributed by atoms with E-state index in [0.29, 0.717) is 30.0 Å². The molecule has 7 heteroatoms. The Balaban J connectivity index is 1.41. The lowest BCUT2D eigenvalue weighted by molar-refractivity contribution is -0.134.